The van der Waals surface area contributed by atoms with E-state index in [0.717, 1.165) is 31.5 Å². The van der Waals surface area contributed by atoms with E-state index < -0.39 is 0 Å². The molecule has 1 atom stereocenters. The molecule has 3 aromatic rings. The second kappa shape index (κ2) is 9.42. The maximum absolute atomic E-state index is 13.1. The van der Waals surface area contributed by atoms with Crippen molar-refractivity contribution in [3.63, 3.8) is 0 Å². The molecular formula is C23H25ClN4O3S. The zero-order chi connectivity index (χ0) is 22.8. The van der Waals surface area contributed by atoms with Gasteiger partial charge in [0.25, 0.3) is 11.5 Å². The number of rotatable bonds is 5. The van der Waals surface area contributed by atoms with Crippen molar-refractivity contribution in [2.24, 2.45) is 5.92 Å². The van der Waals surface area contributed by atoms with Gasteiger partial charge >= 0.3 is 0 Å². The predicted octanol–water partition coefficient (Wildman–Crippen LogP) is 3.61. The van der Waals surface area contributed by atoms with E-state index in [-0.39, 0.29) is 30.5 Å². The smallest absolute Gasteiger partial charge is 0.262 e. The number of fused-ring (bicyclic) bond motifs is 1. The van der Waals surface area contributed by atoms with Gasteiger partial charge in [0.05, 0.1) is 16.6 Å². The lowest BCUT2D eigenvalue weighted by atomic mass is 10.0. The molecule has 1 aliphatic rings. The number of piperidine rings is 1. The highest BCUT2D eigenvalue weighted by Crippen LogP contribution is 2.27. The molecular weight excluding hydrogens is 448 g/mol. The van der Waals surface area contributed by atoms with Crippen LogP contribution >= 0.6 is 22.9 Å². The Hall–Kier alpha value is -2.71. The zero-order valence-electron chi connectivity index (χ0n) is 18.1. The zero-order valence-corrected chi connectivity index (χ0v) is 19.6. The molecule has 1 fully saturated rings. The molecule has 2 aromatic heterocycles. The minimum absolute atomic E-state index is 0.0438. The first-order chi connectivity index (χ1) is 15.3. The van der Waals surface area contributed by atoms with E-state index >= 15 is 0 Å². The molecule has 9 heteroatoms. The van der Waals surface area contributed by atoms with Crippen LogP contribution in [0.25, 0.3) is 10.2 Å². The van der Waals surface area contributed by atoms with Gasteiger partial charge in [-0.1, -0.05) is 36.7 Å². The van der Waals surface area contributed by atoms with E-state index in [4.69, 9.17) is 11.6 Å². The fourth-order valence-electron chi connectivity index (χ4n) is 4.05. The highest BCUT2D eigenvalue weighted by Gasteiger charge is 2.23. The Morgan fingerprint density at radius 1 is 1.31 bits per heavy atom. The second-order valence-corrected chi connectivity index (χ2v) is 9.68. The molecule has 4 rings (SSSR count). The first-order valence-electron chi connectivity index (χ1n) is 10.6. The van der Waals surface area contributed by atoms with E-state index in [1.54, 1.807) is 13.0 Å². The van der Waals surface area contributed by atoms with Gasteiger partial charge in [-0.15, -0.1) is 11.3 Å². The van der Waals surface area contributed by atoms with E-state index in [1.165, 1.54) is 22.2 Å². The highest BCUT2D eigenvalue weighted by atomic mass is 35.5. The number of likely N-dealkylation sites (tertiary alicyclic amines) is 1. The number of carbonyl (C=O) groups is 2. The molecule has 1 aliphatic heterocycles. The normalized spacial score (nSPS) is 16.3. The van der Waals surface area contributed by atoms with Crippen molar-refractivity contribution in [1.29, 1.82) is 0 Å². The summed E-state index contributed by atoms with van der Waals surface area (Å²) in [7, 11) is 0. The largest absolute Gasteiger partial charge is 0.347 e. The predicted molar refractivity (Wildman–Crippen MR) is 126 cm³/mol. The van der Waals surface area contributed by atoms with E-state index in [9.17, 15) is 14.4 Å². The summed E-state index contributed by atoms with van der Waals surface area (Å²) in [6, 6.07) is 7.31. The van der Waals surface area contributed by atoms with Gasteiger partial charge in [-0.05, 0) is 42.9 Å². The van der Waals surface area contributed by atoms with Crippen molar-refractivity contribution < 1.29 is 9.59 Å². The van der Waals surface area contributed by atoms with Crippen LogP contribution in [0.4, 0.5) is 0 Å². The number of nitrogens with one attached hydrogen (secondary N) is 1. The number of aryl methyl sites for hydroxylation is 1. The fraction of sp³-hybridized carbons (Fsp3) is 0.391. The average Bonchev–Trinajstić information content (AvgIpc) is 3.12. The van der Waals surface area contributed by atoms with Gasteiger partial charge < -0.3 is 10.2 Å². The molecule has 2 amide bonds. The summed E-state index contributed by atoms with van der Waals surface area (Å²) in [6.45, 7) is 5.55. The van der Waals surface area contributed by atoms with Gasteiger partial charge in [0.1, 0.15) is 11.4 Å². The molecule has 1 N–H and O–H groups in total. The number of carbonyl (C=O) groups excluding carboxylic acids is 2. The molecule has 0 radical (unpaired) electrons. The quantitative estimate of drug-likeness (QED) is 0.614. The summed E-state index contributed by atoms with van der Waals surface area (Å²) in [6.07, 6.45) is 3.50. The molecule has 0 saturated carbocycles. The SMILES string of the molecule is Cc1c(C(=O)NCc2ccccc2Cl)sc2ncn(CC(=O)N3CCCC(C)C3)c(=O)c12. The number of thiophene rings is 1. The summed E-state index contributed by atoms with van der Waals surface area (Å²) < 4.78 is 1.34. The minimum atomic E-state index is -0.299. The number of hydrogen-bond donors (Lipinski definition) is 1. The van der Waals surface area contributed by atoms with Crippen LogP contribution in [0.3, 0.4) is 0 Å². The lowest BCUT2D eigenvalue weighted by molar-refractivity contribution is -0.133. The number of hydrogen-bond acceptors (Lipinski definition) is 5. The van der Waals surface area contributed by atoms with Gasteiger partial charge in [-0.2, -0.15) is 0 Å². The Morgan fingerprint density at radius 3 is 2.84 bits per heavy atom. The first-order valence-corrected chi connectivity index (χ1v) is 11.8. The number of benzene rings is 1. The number of nitrogens with zero attached hydrogens (tertiary/aromatic N) is 3. The Morgan fingerprint density at radius 2 is 2.09 bits per heavy atom. The summed E-state index contributed by atoms with van der Waals surface area (Å²) in [5.41, 5.74) is 1.09. The van der Waals surface area contributed by atoms with Crippen LogP contribution in [-0.2, 0) is 17.9 Å². The molecule has 0 spiro atoms. The van der Waals surface area contributed by atoms with Crippen LogP contribution in [0, 0.1) is 12.8 Å². The molecule has 1 aromatic carbocycles. The molecule has 1 unspecified atom stereocenters. The van der Waals surface area contributed by atoms with Crippen LogP contribution in [0.2, 0.25) is 5.02 Å². The maximum Gasteiger partial charge on any atom is 0.262 e. The Labute approximate surface area is 195 Å². The fourth-order valence-corrected chi connectivity index (χ4v) is 5.31. The molecule has 168 valence electrons. The number of amides is 2. The Kier molecular flexibility index (Phi) is 6.62. The molecule has 32 heavy (non-hydrogen) atoms. The number of halogens is 1. The molecule has 3 heterocycles. The molecule has 0 aliphatic carbocycles. The van der Waals surface area contributed by atoms with Crippen LogP contribution < -0.4 is 10.9 Å². The average molecular weight is 473 g/mol. The minimum Gasteiger partial charge on any atom is -0.347 e. The highest BCUT2D eigenvalue weighted by molar-refractivity contribution is 7.20. The van der Waals surface area contributed by atoms with Crippen molar-refractivity contribution in [2.45, 2.75) is 39.8 Å². The van der Waals surface area contributed by atoms with Crippen molar-refractivity contribution in [2.75, 3.05) is 13.1 Å². The lowest BCUT2D eigenvalue weighted by Crippen LogP contribution is -2.42. The Balaban J connectivity index is 1.54. The first kappa shape index (κ1) is 22.5. The van der Waals surface area contributed by atoms with Gasteiger partial charge in [-0.3, -0.25) is 19.0 Å². The standard InChI is InChI=1S/C23H25ClN4O3S/c1-14-6-5-9-27(11-14)18(29)12-28-13-26-22-19(23(28)31)15(2)20(32-22)21(30)25-10-16-7-3-4-8-17(16)24/h3-4,7-8,13-14H,5-6,9-12H2,1-2H3,(H,25,30). The monoisotopic (exact) mass is 472 g/mol. The van der Waals surface area contributed by atoms with Crippen LogP contribution in [0.1, 0.15) is 40.6 Å². The maximum atomic E-state index is 13.1. The van der Waals surface area contributed by atoms with Crippen molar-refractivity contribution in [1.82, 2.24) is 19.8 Å². The third-order valence-electron chi connectivity index (χ3n) is 5.84. The Bertz CT molecular complexity index is 1240. The lowest BCUT2D eigenvalue weighted by Gasteiger charge is -2.31. The van der Waals surface area contributed by atoms with E-state index in [1.807, 2.05) is 23.1 Å². The van der Waals surface area contributed by atoms with Crippen LogP contribution in [0.15, 0.2) is 35.4 Å². The summed E-state index contributed by atoms with van der Waals surface area (Å²) >= 11 is 7.34. The number of aromatic nitrogens is 2. The van der Waals surface area contributed by atoms with Gasteiger partial charge in [-0.25, -0.2) is 4.98 Å². The molecule has 1 saturated heterocycles. The van der Waals surface area contributed by atoms with Gasteiger partial charge in [0, 0.05) is 24.7 Å². The summed E-state index contributed by atoms with van der Waals surface area (Å²) in [5.74, 6) is 0.108. The van der Waals surface area contributed by atoms with Gasteiger partial charge in [0.15, 0.2) is 0 Å². The second-order valence-electron chi connectivity index (χ2n) is 8.28. The van der Waals surface area contributed by atoms with E-state index in [2.05, 4.69) is 17.2 Å². The van der Waals surface area contributed by atoms with Crippen LogP contribution in [0.5, 0.6) is 0 Å². The molecule has 7 nitrogen and oxygen atoms in total. The summed E-state index contributed by atoms with van der Waals surface area (Å²) in [5, 5.41) is 3.83. The third-order valence-corrected chi connectivity index (χ3v) is 7.40. The van der Waals surface area contributed by atoms with E-state index in [0.29, 0.717) is 31.6 Å². The molecule has 0 bridgehead atoms. The van der Waals surface area contributed by atoms with Crippen molar-refractivity contribution in [3.8, 4) is 0 Å². The third kappa shape index (κ3) is 4.56. The van der Waals surface area contributed by atoms with Crippen molar-refractivity contribution >= 4 is 45.0 Å². The van der Waals surface area contributed by atoms with Gasteiger partial charge in [0.2, 0.25) is 5.91 Å². The van der Waals surface area contributed by atoms with Crippen molar-refractivity contribution in [3.05, 3.63) is 62.0 Å². The topological polar surface area (TPSA) is 84.3 Å². The summed E-state index contributed by atoms with van der Waals surface area (Å²) in [4.78, 5) is 45.7. The van der Waals surface area contributed by atoms with Crippen LogP contribution in [-0.4, -0.2) is 39.4 Å².